The van der Waals surface area contributed by atoms with Gasteiger partial charge in [0.25, 0.3) is 5.78 Å². The Bertz CT molecular complexity index is 917. The second-order valence-corrected chi connectivity index (χ2v) is 5.58. The van der Waals surface area contributed by atoms with E-state index in [-0.39, 0.29) is 5.69 Å². The predicted molar refractivity (Wildman–Crippen MR) is 89.3 cm³/mol. The van der Waals surface area contributed by atoms with Crippen LogP contribution in [0, 0.1) is 0 Å². The summed E-state index contributed by atoms with van der Waals surface area (Å²) in [7, 11) is 0. The molecular formula is C18H11ClN2O2. The van der Waals surface area contributed by atoms with Crippen LogP contribution < -0.4 is 4.42 Å². The van der Waals surface area contributed by atoms with Crippen LogP contribution in [0.25, 0.3) is 22.4 Å². The molecule has 3 aromatic rings. The van der Waals surface area contributed by atoms with Crippen molar-refractivity contribution in [2.24, 2.45) is 0 Å². The van der Waals surface area contributed by atoms with Crippen LogP contribution >= 0.6 is 11.8 Å². The molecule has 4 nitrogen and oxygen atoms in total. The number of amides is 1. The van der Waals surface area contributed by atoms with Gasteiger partial charge in [-0.3, -0.25) is 9.59 Å². The zero-order valence-corrected chi connectivity index (χ0v) is 12.7. The molecule has 1 amide bonds. The molecule has 0 spiro atoms. The van der Waals surface area contributed by atoms with Gasteiger partial charge in [-0.05, 0) is 11.1 Å². The smallest absolute Gasteiger partial charge is 0.315 e. The molecule has 0 aliphatic carbocycles. The van der Waals surface area contributed by atoms with Crippen LogP contribution in [-0.4, -0.2) is 16.7 Å². The van der Waals surface area contributed by atoms with Crippen molar-refractivity contribution in [1.29, 1.82) is 0 Å². The number of rotatable bonds is 2. The number of Topliss-reactive ketones (excluding diaryl/α,β-unsaturated/α-hetero) is 1. The molecule has 5 heteroatoms. The lowest BCUT2D eigenvalue weighted by Gasteiger charge is -2.11. The van der Waals surface area contributed by atoms with E-state index in [1.807, 2.05) is 60.7 Å². The average Bonchev–Trinajstić information content (AvgIpc) is 3.09. The molecule has 4 rings (SSSR count). The molecular weight excluding hydrogens is 312 g/mol. The monoisotopic (exact) mass is 322 g/mol. The molecule has 2 heterocycles. The molecule has 2 aromatic carbocycles. The first kappa shape index (κ1) is 13.8. The second-order valence-electron chi connectivity index (χ2n) is 5.25. The third kappa shape index (κ3) is 1.99. The van der Waals surface area contributed by atoms with E-state index in [1.165, 1.54) is 0 Å². The van der Waals surface area contributed by atoms with E-state index >= 15 is 0 Å². The van der Waals surface area contributed by atoms with Crippen LogP contribution in [-0.2, 0) is 4.79 Å². The fourth-order valence-electron chi connectivity index (χ4n) is 2.86. The van der Waals surface area contributed by atoms with Gasteiger partial charge in [-0.2, -0.15) is 0 Å². The number of hydrogen-bond acceptors (Lipinski definition) is 2. The van der Waals surface area contributed by atoms with Crippen molar-refractivity contribution < 1.29 is 9.59 Å². The number of halogens is 1. The average molecular weight is 323 g/mol. The number of carbonyl (C=O) groups excluding carboxylic acids is 2. The van der Waals surface area contributed by atoms with Gasteiger partial charge in [0.15, 0.2) is 0 Å². The third-order valence-electron chi connectivity index (χ3n) is 3.89. The number of aromatic nitrogens is 1. The van der Waals surface area contributed by atoms with Crippen LogP contribution in [0.5, 0.6) is 0 Å². The van der Waals surface area contributed by atoms with E-state index in [0.717, 1.165) is 26.8 Å². The number of ketones is 1. The summed E-state index contributed by atoms with van der Waals surface area (Å²) < 4.78 is 0.906. The second kappa shape index (κ2) is 5.11. The highest BCUT2D eigenvalue weighted by molar-refractivity contribution is 6.62. The minimum Gasteiger partial charge on any atom is -0.349 e. The maximum Gasteiger partial charge on any atom is 0.315 e. The highest BCUT2D eigenvalue weighted by Crippen LogP contribution is 2.45. The lowest BCUT2D eigenvalue weighted by Crippen LogP contribution is -2.21. The van der Waals surface area contributed by atoms with E-state index < -0.39 is 11.7 Å². The SMILES string of the molecule is O=C1C(=O)N(Cl)c2c1[nH]c(-c1ccccc1)c2-c1ccccc1. The number of fused-ring (bicyclic) bond motifs is 1. The van der Waals surface area contributed by atoms with Crippen LogP contribution in [0.2, 0.25) is 0 Å². The van der Waals surface area contributed by atoms with Crippen LogP contribution in [0.1, 0.15) is 10.5 Å². The number of benzene rings is 2. The van der Waals surface area contributed by atoms with E-state index in [9.17, 15) is 9.59 Å². The Kier molecular flexibility index (Phi) is 3.06. The Morgan fingerprint density at radius 2 is 1.35 bits per heavy atom. The van der Waals surface area contributed by atoms with E-state index in [1.54, 1.807) is 0 Å². The van der Waals surface area contributed by atoms with Gasteiger partial charge in [-0.25, -0.2) is 4.42 Å². The molecule has 0 bridgehead atoms. The summed E-state index contributed by atoms with van der Waals surface area (Å²) >= 11 is 6.09. The molecule has 0 saturated heterocycles. The first-order chi connectivity index (χ1) is 11.2. The van der Waals surface area contributed by atoms with E-state index in [4.69, 9.17) is 11.8 Å². The summed E-state index contributed by atoms with van der Waals surface area (Å²) in [5.74, 6) is -1.35. The van der Waals surface area contributed by atoms with Gasteiger partial charge >= 0.3 is 5.91 Å². The van der Waals surface area contributed by atoms with Gasteiger partial charge in [-0.1, -0.05) is 60.7 Å². The number of aromatic amines is 1. The zero-order valence-electron chi connectivity index (χ0n) is 11.9. The van der Waals surface area contributed by atoms with E-state index in [0.29, 0.717) is 5.69 Å². The van der Waals surface area contributed by atoms with Crippen molar-refractivity contribution in [2.75, 3.05) is 4.42 Å². The van der Waals surface area contributed by atoms with Crippen molar-refractivity contribution in [3.63, 3.8) is 0 Å². The molecule has 112 valence electrons. The largest absolute Gasteiger partial charge is 0.349 e. The minimum atomic E-state index is -0.732. The molecule has 1 aliphatic heterocycles. The molecule has 0 saturated carbocycles. The molecule has 0 unspecified atom stereocenters. The minimum absolute atomic E-state index is 0.239. The number of H-pyrrole nitrogens is 1. The predicted octanol–water partition coefficient (Wildman–Crippen LogP) is 4.03. The maximum atomic E-state index is 12.1. The Hall–Kier alpha value is -2.85. The van der Waals surface area contributed by atoms with Crippen molar-refractivity contribution in [2.45, 2.75) is 0 Å². The lowest BCUT2D eigenvalue weighted by atomic mass is 10.00. The van der Waals surface area contributed by atoms with Crippen molar-refractivity contribution in [1.82, 2.24) is 4.98 Å². The summed E-state index contributed by atoms with van der Waals surface area (Å²) in [6, 6.07) is 19.2. The number of hydrogen-bond donors (Lipinski definition) is 1. The Labute approximate surface area is 137 Å². The maximum absolute atomic E-state index is 12.1. The first-order valence-electron chi connectivity index (χ1n) is 7.10. The number of nitrogens with one attached hydrogen (secondary N) is 1. The number of nitrogens with zero attached hydrogens (tertiary/aromatic N) is 1. The summed E-state index contributed by atoms with van der Waals surface area (Å²) in [6.45, 7) is 0. The van der Waals surface area contributed by atoms with Gasteiger partial charge in [0.05, 0.1) is 11.4 Å². The Morgan fingerprint density at radius 3 is 1.96 bits per heavy atom. The summed E-state index contributed by atoms with van der Waals surface area (Å²) in [6.07, 6.45) is 0. The van der Waals surface area contributed by atoms with E-state index in [2.05, 4.69) is 4.98 Å². The Balaban J connectivity index is 2.04. The van der Waals surface area contributed by atoms with Gasteiger partial charge in [0, 0.05) is 17.3 Å². The van der Waals surface area contributed by atoms with Crippen LogP contribution in [0.15, 0.2) is 60.7 Å². The highest BCUT2D eigenvalue weighted by atomic mass is 35.5. The third-order valence-corrected chi connectivity index (χ3v) is 4.22. The molecule has 0 radical (unpaired) electrons. The lowest BCUT2D eigenvalue weighted by molar-refractivity contribution is -0.113. The van der Waals surface area contributed by atoms with Crippen LogP contribution in [0.4, 0.5) is 5.69 Å². The van der Waals surface area contributed by atoms with Gasteiger partial charge in [0.2, 0.25) is 0 Å². The first-order valence-corrected chi connectivity index (χ1v) is 7.43. The van der Waals surface area contributed by atoms with Gasteiger partial charge in [0.1, 0.15) is 5.69 Å². The highest BCUT2D eigenvalue weighted by Gasteiger charge is 2.41. The summed E-state index contributed by atoms with van der Waals surface area (Å²) in [5, 5.41) is 0. The van der Waals surface area contributed by atoms with Gasteiger partial charge in [-0.15, -0.1) is 0 Å². The van der Waals surface area contributed by atoms with Crippen molar-refractivity contribution in [3.8, 4) is 22.4 Å². The standard InChI is InChI=1S/C18H11ClN2O2/c19-21-16-13(11-7-3-1-4-8-11)14(12-9-5-2-6-10-12)20-15(16)17(22)18(21)23/h1-10,20H. The summed E-state index contributed by atoms with van der Waals surface area (Å²) in [4.78, 5) is 27.1. The van der Waals surface area contributed by atoms with Crippen molar-refractivity contribution in [3.05, 3.63) is 66.4 Å². The fraction of sp³-hybridized carbons (Fsp3) is 0. The Morgan fingerprint density at radius 1 is 0.783 bits per heavy atom. The van der Waals surface area contributed by atoms with Crippen LogP contribution in [0.3, 0.4) is 0 Å². The molecule has 1 N–H and O–H groups in total. The quantitative estimate of drug-likeness (QED) is 0.572. The molecule has 1 aromatic heterocycles. The normalized spacial score (nSPS) is 13.5. The fourth-order valence-corrected chi connectivity index (χ4v) is 3.10. The molecule has 23 heavy (non-hydrogen) atoms. The van der Waals surface area contributed by atoms with Gasteiger partial charge < -0.3 is 4.98 Å². The topological polar surface area (TPSA) is 53.2 Å². The number of anilines is 1. The zero-order chi connectivity index (χ0) is 16.0. The summed E-state index contributed by atoms with van der Waals surface area (Å²) in [5.41, 5.74) is 3.99. The number of carbonyl (C=O) groups is 2. The molecule has 0 fully saturated rings. The van der Waals surface area contributed by atoms with Crippen molar-refractivity contribution >= 4 is 29.2 Å². The molecule has 1 aliphatic rings. The molecule has 0 atom stereocenters.